The third kappa shape index (κ3) is 3.98. The van der Waals surface area contributed by atoms with Gasteiger partial charge in [-0.3, -0.25) is 4.79 Å². The Kier molecular flexibility index (Phi) is 5.91. The lowest BCUT2D eigenvalue weighted by molar-refractivity contribution is 0.0760. The Morgan fingerprint density at radius 1 is 1.40 bits per heavy atom. The molecule has 1 fully saturated rings. The van der Waals surface area contributed by atoms with Gasteiger partial charge in [0.1, 0.15) is 0 Å². The first-order chi connectivity index (χ1) is 9.61. The maximum atomic E-state index is 12.5. The molecule has 4 heteroatoms. The van der Waals surface area contributed by atoms with Crippen molar-refractivity contribution in [1.29, 1.82) is 0 Å². The van der Waals surface area contributed by atoms with Crippen LogP contribution in [0.15, 0.2) is 22.7 Å². The Labute approximate surface area is 134 Å². The number of likely N-dealkylation sites (tertiary alicyclic amines) is 1. The molecule has 0 saturated carbocycles. The summed E-state index contributed by atoms with van der Waals surface area (Å²) in [5.74, 6) is 0.911. The van der Waals surface area contributed by atoms with Crippen LogP contribution in [0, 0.1) is 5.92 Å². The molecule has 2 nitrogen and oxygen atoms in total. The number of benzene rings is 1. The van der Waals surface area contributed by atoms with Crippen molar-refractivity contribution in [3.05, 3.63) is 33.3 Å². The Balaban J connectivity index is 2.03. The van der Waals surface area contributed by atoms with Crippen LogP contribution >= 0.6 is 27.5 Å². The first-order valence-corrected chi connectivity index (χ1v) is 8.53. The van der Waals surface area contributed by atoms with Crippen LogP contribution < -0.4 is 0 Å². The number of halogens is 2. The van der Waals surface area contributed by atoms with E-state index in [4.69, 9.17) is 11.6 Å². The normalized spacial score (nSPS) is 19.8. The van der Waals surface area contributed by atoms with Gasteiger partial charge in [0.2, 0.25) is 0 Å². The zero-order chi connectivity index (χ0) is 14.5. The van der Waals surface area contributed by atoms with Gasteiger partial charge in [-0.2, -0.15) is 0 Å². The fraction of sp³-hybridized carbons (Fsp3) is 0.562. The number of rotatable bonds is 3. The van der Waals surface area contributed by atoms with Crippen LogP contribution in [-0.2, 0) is 0 Å². The first kappa shape index (κ1) is 15.8. The largest absolute Gasteiger partial charge is 0.339 e. The van der Waals surface area contributed by atoms with Crippen molar-refractivity contribution in [3.63, 3.8) is 0 Å². The fourth-order valence-electron chi connectivity index (χ4n) is 2.88. The van der Waals surface area contributed by atoms with E-state index in [2.05, 4.69) is 22.9 Å². The lowest BCUT2D eigenvalue weighted by Gasteiger charge is -2.21. The van der Waals surface area contributed by atoms with Crippen LogP contribution in [0.3, 0.4) is 0 Å². The summed E-state index contributed by atoms with van der Waals surface area (Å²) in [5, 5.41) is 0.639. The second-order valence-electron chi connectivity index (χ2n) is 5.51. The number of nitrogens with zero attached hydrogens (tertiary/aromatic N) is 1. The Morgan fingerprint density at radius 3 is 2.90 bits per heavy atom. The first-order valence-electron chi connectivity index (χ1n) is 7.36. The molecule has 1 aliphatic heterocycles. The van der Waals surface area contributed by atoms with Gasteiger partial charge in [0, 0.05) is 23.1 Å². The highest BCUT2D eigenvalue weighted by Gasteiger charge is 2.21. The molecular weight excluding hydrogens is 338 g/mol. The predicted molar refractivity (Wildman–Crippen MR) is 87.3 cm³/mol. The number of hydrogen-bond donors (Lipinski definition) is 0. The minimum absolute atomic E-state index is 0.125. The van der Waals surface area contributed by atoms with Crippen LogP contribution in [0.5, 0.6) is 0 Å². The number of carbonyl (C=O) groups is 1. The highest BCUT2D eigenvalue weighted by Crippen LogP contribution is 2.26. The Hall–Kier alpha value is -0.540. The molecule has 1 aliphatic rings. The molecule has 1 saturated heterocycles. The summed E-state index contributed by atoms with van der Waals surface area (Å²) in [6.45, 7) is 3.99. The van der Waals surface area contributed by atoms with E-state index in [1.165, 1.54) is 19.3 Å². The lowest BCUT2D eigenvalue weighted by Crippen LogP contribution is -2.32. The fourth-order valence-corrected chi connectivity index (χ4v) is 3.37. The zero-order valence-corrected chi connectivity index (χ0v) is 14.2. The Bertz CT molecular complexity index is 478. The van der Waals surface area contributed by atoms with Gasteiger partial charge in [-0.1, -0.05) is 31.4 Å². The lowest BCUT2D eigenvalue weighted by atomic mass is 9.96. The second-order valence-corrected chi connectivity index (χ2v) is 6.77. The second kappa shape index (κ2) is 7.46. The van der Waals surface area contributed by atoms with Gasteiger partial charge in [0.25, 0.3) is 5.91 Å². The van der Waals surface area contributed by atoms with Crippen LogP contribution in [-0.4, -0.2) is 23.9 Å². The minimum atomic E-state index is 0.125. The molecule has 0 aliphatic carbocycles. The molecule has 1 amide bonds. The highest BCUT2D eigenvalue weighted by molar-refractivity contribution is 9.10. The predicted octanol–water partition coefficient (Wildman–Crippen LogP) is 5.14. The smallest absolute Gasteiger partial charge is 0.253 e. The SMILES string of the molecule is CCCC1CCCN(C(=O)c2ccc(Cl)c(Br)c2)CC1. The van der Waals surface area contributed by atoms with E-state index < -0.39 is 0 Å². The van der Waals surface area contributed by atoms with Crippen LogP contribution in [0.25, 0.3) is 0 Å². The van der Waals surface area contributed by atoms with Crippen molar-refractivity contribution in [2.24, 2.45) is 5.92 Å². The maximum absolute atomic E-state index is 12.5. The van der Waals surface area contributed by atoms with E-state index in [-0.39, 0.29) is 5.91 Å². The van der Waals surface area contributed by atoms with Crippen molar-refractivity contribution < 1.29 is 4.79 Å². The summed E-state index contributed by atoms with van der Waals surface area (Å²) in [4.78, 5) is 14.5. The standard InChI is InChI=1S/C16H21BrClNO/c1-2-4-12-5-3-9-19(10-8-12)16(20)13-6-7-15(18)14(17)11-13/h6-7,11-12H,2-5,8-10H2,1H3. The van der Waals surface area contributed by atoms with Crippen molar-refractivity contribution in [2.75, 3.05) is 13.1 Å². The van der Waals surface area contributed by atoms with Crippen molar-refractivity contribution in [3.8, 4) is 0 Å². The molecule has 1 unspecified atom stereocenters. The zero-order valence-electron chi connectivity index (χ0n) is 11.9. The van der Waals surface area contributed by atoms with Gasteiger partial charge in [0.05, 0.1) is 5.02 Å². The molecular formula is C16H21BrClNO. The molecule has 0 N–H and O–H groups in total. The van der Waals surface area contributed by atoms with E-state index in [0.717, 1.165) is 41.9 Å². The Morgan fingerprint density at radius 2 is 2.20 bits per heavy atom. The maximum Gasteiger partial charge on any atom is 0.253 e. The van der Waals surface area contributed by atoms with E-state index in [9.17, 15) is 4.79 Å². The van der Waals surface area contributed by atoms with Crippen LogP contribution in [0.2, 0.25) is 5.02 Å². The van der Waals surface area contributed by atoms with Gasteiger partial charge in [0.15, 0.2) is 0 Å². The average molecular weight is 359 g/mol. The van der Waals surface area contributed by atoms with Gasteiger partial charge >= 0.3 is 0 Å². The van der Waals surface area contributed by atoms with Gasteiger partial charge in [-0.05, 0) is 59.3 Å². The van der Waals surface area contributed by atoms with Gasteiger partial charge < -0.3 is 4.90 Å². The molecule has 1 atom stereocenters. The van der Waals surface area contributed by atoms with Gasteiger partial charge in [-0.15, -0.1) is 0 Å². The van der Waals surface area contributed by atoms with E-state index >= 15 is 0 Å². The van der Waals surface area contributed by atoms with E-state index in [1.807, 2.05) is 17.0 Å². The summed E-state index contributed by atoms with van der Waals surface area (Å²) in [7, 11) is 0. The molecule has 1 heterocycles. The molecule has 0 spiro atoms. The summed E-state index contributed by atoms with van der Waals surface area (Å²) < 4.78 is 0.781. The third-order valence-corrected chi connectivity index (χ3v) is 5.21. The van der Waals surface area contributed by atoms with E-state index in [0.29, 0.717) is 5.02 Å². The average Bonchev–Trinajstić information content (AvgIpc) is 2.67. The van der Waals surface area contributed by atoms with Crippen molar-refractivity contribution in [2.45, 2.75) is 39.0 Å². The molecule has 0 aromatic heterocycles. The summed E-state index contributed by atoms with van der Waals surface area (Å²) >= 11 is 9.36. The summed E-state index contributed by atoms with van der Waals surface area (Å²) in [5.41, 5.74) is 0.718. The quantitative estimate of drug-likeness (QED) is 0.732. The summed E-state index contributed by atoms with van der Waals surface area (Å²) in [6.07, 6.45) is 6.03. The monoisotopic (exact) mass is 357 g/mol. The number of hydrogen-bond acceptors (Lipinski definition) is 1. The number of amides is 1. The summed E-state index contributed by atoms with van der Waals surface area (Å²) in [6, 6.07) is 5.40. The molecule has 0 radical (unpaired) electrons. The third-order valence-electron chi connectivity index (χ3n) is 4.00. The molecule has 2 rings (SSSR count). The molecule has 1 aromatic carbocycles. The van der Waals surface area contributed by atoms with Crippen molar-refractivity contribution in [1.82, 2.24) is 4.90 Å². The minimum Gasteiger partial charge on any atom is -0.339 e. The molecule has 20 heavy (non-hydrogen) atoms. The number of carbonyl (C=O) groups excluding carboxylic acids is 1. The van der Waals surface area contributed by atoms with Crippen LogP contribution in [0.4, 0.5) is 0 Å². The highest BCUT2D eigenvalue weighted by atomic mass is 79.9. The van der Waals surface area contributed by atoms with E-state index in [1.54, 1.807) is 6.07 Å². The topological polar surface area (TPSA) is 20.3 Å². The molecule has 1 aromatic rings. The molecule has 110 valence electrons. The van der Waals surface area contributed by atoms with Crippen LogP contribution in [0.1, 0.15) is 49.4 Å². The molecule has 0 bridgehead atoms. The van der Waals surface area contributed by atoms with Crippen molar-refractivity contribution >= 4 is 33.4 Å². The van der Waals surface area contributed by atoms with Gasteiger partial charge in [-0.25, -0.2) is 0 Å².